The molecule has 0 saturated carbocycles. The lowest BCUT2D eigenvalue weighted by atomic mass is 9.76. The van der Waals surface area contributed by atoms with Crippen LogP contribution in [0.2, 0.25) is 0 Å². The van der Waals surface area contributed by atoms with Crippen LogP contribution in [0.1, 0.15) is 45.3 Å². The summed E-state index contributed by atoms with van der Waals surface area (Å²) in [5, 5.41) is 2.94. The second-order valence-electron chi connectivity index (χ2n) is 5.69. The third-order valence-electron chi connectivity index (χ3n) is 3.17. The van der Waals surface area contributed by atoms with Crippen LogP contribution in [0.3, 0.4) is 0 Å². The van der Waals surface area contributed by atoms with Gasteiger partial charge in [-0.15, -0.1) is 0 Å². The van der Waals surface area contributed by atoms with Gasteiger partial charge in [0.2, 0.25) is 5.89 Å². The van der Waals surface area contributed by atoms with E-state index in [0.29, 0.717) is 25.3 Å². The van der Waals surface area contributed by atoms with Crippen LogP contribution in [0, 0.1) is 11.3 Å². The summed E-state index contributed by atoms with van der Waals surface area (Å²) in [6.07, 6.45) is -2.71. The molecule has 0 aliphatic carbocycles. The van der Waals surface area contributed by atoms with Crippen LogP contribution in [0.5, 0.6) is 0 Å². The van der Waals surface area contributed by atoms with Crippen molar-refractivity contribution in [3.63, 3.8) is 0 Å². The van der Waals surface area contributed by atoms with E-state index in [4.69, 9.17) is 5.73 Å². The molecule has 1 heterocycles. The van der Waals surface area contributed by atoms with Gasteiger partial charge < -0.3 is 10.3 Å². The second-order valence-corrected chi connectivity index (χ2v) is 5.69. The number of halogens is 3. The third kappa shape index (κ3) is 4.81. The maximum atomic E-state index is 12.3. The number of rotatable bonds is 5. The molecule has 1 aromatic rings. The first-order chi connectivity index (χ1) is 8.64. The normalized spacial score (nSPS) is 14.7. The summed E-state index contributed by atoms with van der Waals surface area (Å²) in [4.78, 5) is 3.36. The Kier molecular flexibility index (Phi) is 4.95. The Morgan fingerprint density at radius 3 is 2.26 bits per heavy atom. The van der Waals surface area contributed by atoms with Crippen LogP contribution in [0.15, 0.2) is 4.52 Å². The van der Waals surface area contributed by atoms with Crippen LogP contribution in [0.4, 0.5) is 13.2 Å². The van der Waals surface area contributed by atoms with Gasteiger partial charge in [-0.25, -0.2) is 0 Å². The highest BCUT2D eigenvalue weighted by molar-refractivity contribution is 4.91. The van der Waals surface area contributed by atoms with Crippen molar-refractivity contribution >= 4 is 0 Å². The highest BCUT2D eigenvalue weighted by atomic mass is 19.4. The first kappa shape index (κ1) is 15.9. The minimum Gasteiger partial charge on any atom is -0.339 e. The lowest BCUT2D eigenvalue weighted by Crippen LogP contribution is -2.24. The van der Waals surface area contributed by atoms with E-state index < -0.39 is 12.0 Å². The van der Waals surface area contributed by atoms with E-state index in [-0.39, 0.29) is 11.3 Å². The molecule has 0 aromatic carbocycles. The van der Waals surface area contributed by atoms with Crippen molar-refractivity contribution in [2.45, 2.75) is 46.2 Å². The molecule has 0 spiro atoms. The van der Waals surface area contributed by atoms with Gasteiger partial charge in [-0.1, -0.05) is 25.9 Å². The number of hydrogen-bond acceptors (Lipinski definition) is 4. The van der Waals surface area contributed by atoms with Gasteiger partial charge in [-0.3, -0.25) is 0 Å². The Bertz CT molecular complexity index is 396. The Balaban J connectivity index is 2.62. The summed E-state index contributed by atoms with van der Waals surface area (Å²) >= 11 is 0. The van der Waals surface area contributed by atoms with Crippen molar-refractivity contribution in [3.05, 3.63) is 11.7 Å². The quantitative estimate of drug-likeness (QED) is 0.899. The molecular formula is C12H20F3N3O. The molecule has 110 valence electrons. The van der Waals surface area contributed by atoms with Crippen molar-refractivity contribution in [3.8, 4) is 0 Å². The van der Waals surface area contributed by atoms with Gasteiger partial charge in [0, 0.05) is 6.42 Å². The predicted molar refractivity (Wildman–Crippen MR) is 64.2 cm³/mol. The molecule has 19 heavy (non-hydrogen) atoms. The SMILES string of the molecule is CC(C)(C)C(CCN)CCc1nc(C(F)(F)F)no1. The topological polar surface area (TPSA) is 64.9 Å². The summed E-state index contributed by atoms with van der Waals surface area (Å²) in [5.74, 6) is -0.883. The fourth-order valence-corrected chi connectivity index (χ4v) is 1.98. The maximum absolute atomic E-state index is 12.3. The Hall–Kier alpha value is -1.11. The molecule has 0 radical (unpaired) electrons. The van der Waals surface area contributed by atoms with Crippen molar-refractivity contribution < 1.29 is 17.7 Å². The number of aromatic nitrogens is 2. The van der Waals surface area contributed by atoms with E-state index >= 15 is 0 Å². The molecule has 7 heteroatoms. The van der Waals surface area contributed by atoms with Crippen molar-refractivity contribution in [2.75, 3.05) is 6.54 Å². The van der Waals surface area contributed by atoms with Gasteiger partial charge in [0.25, 0.3) is 5.82 Å². The fraction of sp³-hybridized carbons (Fsp3) is 0.833. The summed E-state index contributed by atoms with van der Waals surface area (Å²) in [6, 6.07) is 0. The first-order valence-corrected chi connectivity index (χ1v) is 6.24. The molecule has 0 bridgehead atoms. The lowest BCUT2D eigenvalue weighted by Gasteiger charge is -2.30. The molecule has 1 aromatic heterocycles. The van der Waals surface area contributed by atoms with Crippen molar-refractivity contribution in [1.82, 2.24) is 10.1 Å². The number of nitrogens with two attached hydrogens (primary N) is 1. The van der Waals surface area contributed by atoms with Gasteiger partial charge >= 0.3 is 6.18 Å². The summed E-state index contributed by atoms with van der Waals surface area (Å²) in [5.41, 5.74) is 5.60. The fourth-order valence-electron chi connectivity index (χ4n) is 1.98. The zero-order valence-corrected chi connectivity index (χ0v) is 11.4. The Labute approximate surface area is 110 Å². The van der Waals surface area contributed by atoms with Crippen LogP contribution in [-0.2, 0) is 12.6 Å². The largest absolute Gasteiger partial charge is 0.455 e. The van der Waals surface area contributed by atoms with E-state index in [9.17, 15) is 13.2 Å². The number of alkyl halides is 3. The van der Waals surface area contributed by atoms with E-state index in [1.165, 1.54) is 0 Å². The average Bonchev–Trinajstić information content (AvgIpc) is 2.70. The summed E-state index contributed by atoms with van der Waals surface area (Å²) < 4.78 is 41.5. The molecule has 0 saturated heterocycles. The van der Waals surface area contributed by atoms with Crippen molar-refractivity contribution in [2.24, 2.45) is 17.1 Å². The van der Waals surface area contributed by atoms with Gasteiger partial charge in [0.15, 0.2) is 0 Å². The van der Waals surface area contributed by atoms with E-state index in [0.717, 1.165) is 6.42 Å². The monoisotopic (exact) mass is 279 g/mol. The van der Waals surface area contributed by atoms with Crippen LogP contribution < -0.4 is 5.73 Å². The molecule has 1 rings (SSSR count). The van der Waals surface area contributed by atoms with Crippen molar-refractivity contribution in [1.29, 1.82) is 0 Å². The van der Waals surface area contributed by atoms with E-state index in [1.807, 2.05) is 0 Å². The van der Waals surface area contributed by atoms with E-state index in [2.05, 4.69) is 35.4 Å². The number of aryl methyl sites for hydroxylation is 1. The average molecular weight is 279 g/mol. The Morgan fingerprint density at radius 2 is 1.84 bits per heavy atom. The van der Waals surface area contributed by atoms with Gasteiger partial charge in [0.05, 0.1) is 0 Å². The van der Waals surface area contributed by atoms with Crippen LogP contribution in [-0.4, -0.2) is 16.7 Å². The molecule has 1 unspecified atom stereocenters. The molecule has 0 fully saturated rings. The standard InChI is InChI=1S/C12H20F3N3O/c1-11(2,3)8(6-7-16)4-5-9-17-10(18-19-9)12(13,14)15/h8H,4-7,16H2,1-3H3. The molecule has 0 amide bonds. The highest BCUT2D eigenvalue weighted by Crippen LogP contribution is 2.32. The summed E-state index contributed by atoms with van der Waals surface area (Å²) in [7, 11) is 0. The van der Waals surface area contributed by atoms with Gasteiger partial charge in [0.1, 0.15) is 0 Å². The zero-order chi connectivity index (χ0) is 14.7. The number of nitrogens with zero attached hydrogens (tertiary/aromatic N) is 2. The minimum absolute atomic E-state index is 0.0265. The predicted octanol–water partition coefficient (Wildman–Crippen LogP) is 3.03. The molecular weight excluding hydrogens is 259 g/mol. The van der Waals surface area contributed by atoms with E-state index in [1.54, 1.807) is 0 Å². The molecule has 0 aliphatic heterocycles. The third-order valence-corrected chi connectivity index (χ3v) is 3.17. The molecule has 4 nitrogen and oxygen atoms in total. The van der Waals surface area contributed by atoms with Crippen LogP contribution >= 0.6 is 0 Å². The molecule has 1 atom stereocenters. The molecule has 0 aliphatic rings. The maximum Gasteiger partial charge on any atom is 0.455 e. The van der Waals surface area contributed by atoms with Gasteiger partial charge in [-0.05, 0) is 30.7 Å². The lowest BCUT2D eigenvalue weighted by molar-refractivity contribution is -0.146. The second kappa shape index (κ2) is 5.90. The van der Waals surface area contributed by atoms with Crippen LogP contribution in [0.25, 0.3) is 0 Å². The first-order valence-electron chi connectivity index (χ1n) is 6.24. The minimum atomic E-state index is -4.55. The summed E-state index contributed by atoms with van der Waals surface area (Å²) in [6.45, 7) is 6.81. The smallest absolute Gasteiger partial charge is 0.339 e. The Morgan fingerprint density at radius 1 is 1.21 bits per heavy atom. The number of hydrogen-bond donors (Lipinski definition) is 1. The van der Waals surface area contributed by atoms with Gasteiger partial charge in [-0.2, -0.15) is 18.2 Å². The molecule has 2 N–H and O–H groups in total. The zero-order valence-electron chi connectivity index (χ0n) is 11.4. The highest BCUT2D eigenvalue weighted by Gasteiger charge is 2.37.